The number of rotatable bonds is 4. The molecule has 6 rings (SSSR count). The molecular weight excluding hydrogens is 387 g/mol. The van der Waals surface area contributed by atoms with E-state index in [1.807, 2.05) is 0 Å². The lowest BCUT2D eigenvalue weighted by atomic mass is 9.36. The van der Waals surface area contributed by atoms with Gasteiger partial charge in [0.1, 0.15) is 0 Å². The van der Waals surface area contributed by atoms with Crippen LogP contribution < -0.4 is 4.74 Å². The van der Waals surface area contributed by atoms with Crippen molar-refractivity contribution in [1.29, 1.82) is 5.26 Å². The lowest BCUT2D eigenvalue weighted by molar-refractivity contribution is -0.262. The molecule has 3 saturated carbocycles. The minimum Gasteiger partial charge on any atom is -0.476 e. The maximum atomic E-state index is 13.3. The number of imidazole rings is 1. The smallest absolute Gasteiger partial charge is 0.424 e. The minimum atomic E-state index is -4.84. The molecule has 1 N–H and O–H groups in total. The number of hydrogen-bond acceptors (Lipinski definition) is 5. The molecule has 1 aliphatic heterocycles. The molecule has 2 atom stereocenters. The largest absolute Gasteiger partial charge is 0.476 e. The number of halogens is 3. The van der Waals surface area contributed by atoms with Crippen LogP contribution in [0.4, 0.5) is 13.2 Å². The molecule has 154 valence electrons. The van der Waals surface area contributed by atoms with Gasteiger partial charge in [0.2, 0.25) is 11.5 Å². The molecule has 0 unspecified atom stereocenters. The standard InChI is InChI=1S/C19H20F3N5O2/c1-11-5-26-12(13-4-24-15(27(11)13)16(2,28)19(20,21)22)3-14(25-26)29-10-18-6-17(7-18,8-18)9-23/h3-4,11,28H,5-8,10H2,1-2H3/t11-,16+,17?,18?/m0/s1. The molecule has 4 aliphatic rings. The summed E-state index contributed by atoms with van der Waals surface area (Å²) in [7, 11) is 0. The highest BCUT2D eigenvalue weighted by Crippen LogP contribution is 2.72. The summed E-state index contributed by atoms with van der Waals surface area (Å²) >= 11 is 0. The van der Waals surface area contributed by atoms with E-state index in [9.17, 15) is 18.3 Å². The van der Waals surface area contributed by atoms with Gasteiger partial charge in [-0.05, 0) is 33.1 Å². The van der Waals surface area contributed by atoms with E-state index >= 15 is 0 Å². The Bertz CT molecular complexity index is 1030. The third-order valence-corrected chi connectivity index (χ3v) is 6.59. The van der Waals surface area contributed by atoms with Gasteiger partial charge in [-0.1, -0.05) is 0 Å². The number of hydrogen-bond donors (Lipinski definition) is 1. The van der Waals surface area contributed by atoms with E-state index < -0.39 is 17.6 Å². The molecule has 0 saturated heterocycles. The number of ether oxygens (including phenoxy) is 1. The summed E-state index contributed by atoms with van der Waals surface area (Å²) in [6.45, 7) is 3.30. The highest BCUT2D eigenvalue weighted by Gasteiger charge is 2.68. The Morgan fingerprint density at radius 2 is 2.03 bits per heavy atom. The first-order chi connectivity index (χ1) is 13.5. The zero-order chi connectivity index (χ0) is 20.8. The van der Waals surface area contributed by atoms with Crippen LogP contribution in [0.5, 0.6) is 5.88 Å². The molecule has 3 heterocycles. The van der Waals surface area contributed by atoms with E-state index in [1.54, 1.807) is 17.7 Å². The van der Waals surface area contributed by atoms with E-state index in [2.05, 4.69) is 16.2 Å². The summed E-state index contributed by atoms with van der Waals surface area (Å²) in [6, 6.07) is 3.68. The molecule has 10 heteroatoms. The quantitative estimate of drug-likeness (QED) is 0.841. The fourth-order valence-corrected chi connectivity index (χ4v) is 5.12. The Morgan fingerprint density at radius 3 is 2.66 bits per heavy atom. The summed E-state index contributed by atoms with van der Waals surface area (Å²) in [5, 5.41) is 23.7. The van der Waals surface area contributed by atoms with Crippen LogP contribution in [-0.2, 0) is 12.1 Å². The Hall–Kier alpha value is -2.54. The van der Waals surface area contributed by atoms with Gasteiger partial charge in [-0.25, -0.2) is 4.98 Å². The van der Waals surface area contributed by atoms with Gasteiger partial charge in [0.15, 0.2) is 5.82 Å². The first-order valence-corrected chi connectivity index (χ1v) is 9.48. The van der Waals surface area contributed by atoms with Crippen molar-refractivity contribution in [3.63, 3.8) is 0 Å². The van der Waals surface area contributed by atoms with E-state index in [4.69, 9.17) is 10.00 Å². The van der Waals surface area contributed by atoms with Crippen molar-refractivity contribution < 1.29 is 23.0 Å². The van der Waals surface area contributed by atoms with E-state index in [1.165, 1.54) is 10.8 Å². The van der Waals surface area contributed by atoms with Crippen LogP contribution >= 0.6 is 0 Å². The Morgan fingerprint density at radius 1 is 1.34 bits per heavy atom. The maximum Gasteiger partial charge on any atom is 0.424 e. The zero-order valence-corrected chi connectivity index (χ0v) is 16.0. The van der Waals surface area contributed by atoms with Crippen LogP contribution in [0.1, 0.15) is 45.0 Å². The van der Waals surface area contributed by atoms with Gasteiger partial charge in [-0.2, -0.15) is 18.4 Å². The molecular formula is C19H20F3N5O2. The lowest BCUT2D eigenvalue weighted by Crippen LogP contribution is -2.63. The molecule has 2 bridgehead atoms. The number of nitriles is 1. The predicted molar refractivity (Wildman–Crippen MR) is 93.6 cm³/mol. The fraction of sp³-hybridized carbons (Fsp3) is 0.632. The van der Waals surface area contributed by atoms with Crippen molar-refractivity contribution in [2.75, 3.05) is 6.61 Å². The Balaban J connectivity index is 1.41. The summed E-state index contributed by atoms with van der Waals surface area (Å²) in [6.07, 6.45) is -0.956. The number of alkyl halides is 3. The van der Waals surface area contributed by atoms with Gasteiger partial charge >= 0.3 is 6.18 Å². The summed E-state index contributed by atoms with van der Waals surface area (Å²) < 4.78 is 49.0. The molecule has 2 aromatic heterocycles. The second kappa shape index (κ2) is 5.33. The van der Waals surface area contributed by atoms with Crippen molar-refractivity contribution in [2.45, 2.75) is 57.5 Å². The number of nitrogens with zero attached hydrogens (tertiary/aromatic N) is 5. The lowest BCUT2D eigenvalue weighted by Gasteiger charge is -2.66. The molecule has 3 aliphatic carbocycles. The van der Waals surface area contributed by atoms with E-state index in [0.29, 0.717) is 37.3 Å². The SMILES string of the molecule is C[C@H]1Cn2nc(OCC34CC(C#N)(C3)C4)cc2-c2cnc([C@@](C)(O)C(F)(F)F)n21. The third kappa shape index (κ3) is 2.40. The van der Waals surface area contributed by atoms with E-state index in [-0.39, 0.29) is 16.9 Å². The average Bonchev–Trinajstić information content (AvgIpc) is 3.15. The topological polar surface area (TPSA) is 88.9 Å². The minimum absolute atomic E-state index is 0.0630. The van der Waals surface area contributed by atoms with Crippen LogP contribution in [0.15, 0.2) is 12.3 Å². The van der Waals surface area contributed by atoms with E-state index in [0.717, 1.165) is 19.3 Å². The predicted octanol–water partition coefficient (Wildman–Crippen LogP) is 3.16. The maximum absolute atomic E-state index is 13.3. The molecule has 0 amide bonds. The van der Waals surface area contributed by atoms with Crippen molar-refractivity contribution in [3.8, 4) is 23.3 Å². The fourth-order valence-electron chi connectivity index (χ4n) is 5.12. The molecule has 29 heavy (non-hydrogen) atoms. The monoisotopic (exact) mass is 407 g/mol. The van der Waals surface area contributed by atoms with Gasteiger partial charge in [0.25, 0.3) is 0 Å². The van der Waals surface area contributed by atoms with Gasteiger partial charge in [0.05, 0.1) is 48.3 Å². The number of aliphatic hydroxyl groups is 1. The van der Waals surface area contributed by atoms with Crippen LogP contribution in [0.2, 0.25) is 0 Å². The number of aromatic nitrogens is 4. The molecule has 3 fully saturated rings. The summed E-state index contributed by atoms with van der Waals surface area (Å²) in [5.74, 6) is -0.0280. The van der Waals surface area contributed by atoms with Crippen LogP contribution in [-0.4, -0.2) is 37.2 Å². The Labute approximate surface area is 164 Å². The Kier molecular flexibility index (Phi) is 3.40. The number of fused-ring (bicyclic) bond motifs is 3. The molecule has 7 nitrogen and oxygen atoms in total. The van der Waals surface area contributed by atoms with Crippen molar-refractivity contribution in [1.82, 2.24) is 19.3 Å². The molecule has 0 spiro atoms. The molecule has 0 radical (unpaired) electrons. The third-order valence-electron chi connectivity index (χ3n) is 6.59. The molecule has 0 aromatic carbocycles. The average molecular weight is 407 g/mol. The van der Waals surface area contributed by atoms with Crippen LogP contribution in [0, 0.1) is 22.2 Å². The summed E-state index contributed by atoms with van der Waals surface area (Å²) in [5.41, 5.74) is -2.08. The van der Waals surface area contributed by atoms with Crippen molar-refractivity contribution in [3.05, 3.63) is 18.1 Å². The van der Waals surface area contributed by atoms with Gasteiger partial charge < -0.3 is 14.4 Å². The van der Waals surface area contributed by atoms with Crippen LogP contribution in [0.25, 0.3) is 11.4 Å². The normalized spacial score (nSPS) is 31.6. The first kappa shape index (κ1) is 18.5. The second-order valence-electron chi connectivity index (χ2n) is 9.02. The highest BCUT2D eigenvalue weighted by atomic mass is 19.4. The van der Waals surface area contributed by atoms with Gasteiger partial charge in [0, 0.05) is 11.5 Å². The first-order valence-electron chi connectivity index (χ1n) is 9.48. The zero-order valence-electron chi connectivity index (χ0n) is 16.0. The molecule has 2 aromatic rings. The van der Waals surface area contributed by atoms with Crippen molar-refractivity contribution in [2.24, 2.45) is 10.8 Å². The summed E-state index contributed by atoms with van der Waals surface area (Å²) in [4.78, 5) is 3.91. The highest BCUT2D eigenvalue weighted by molar-refractivity contribution is 5.58. The van der Waals surface area contributed by atoms with Crippen LogP contribution in [0.3, 0.4) is 0 Å². The van der Waals surface area contributed by atoms with Gasteiger partial charge in [-0.3, -0.25) is 4.68 Å². The van der Waals surface area contributed by atoms with Crippen molar-refractivity contribution >= 4 is 0 Å². The second-order valence-corrected chi connectivity index (χ2v) is 9.02. The van der Waals surface area contributed by atoms with Gasteiger partial charge in [-0.15, -0.1) is 5.10 Å².